The van der Waals surface area contributed by atoms with Crippen molar-refractivity contribution in [3.8, 4) is 0 Å². The molecule has 0 radical (unpaired) electrons. The Hall–Kier alpha value is -1.60. The zero-order chi connectivity index (χ0) is 17.8. The van der Waals surface area contributed by atoms with Crippen LogP contribution in [0.4, 0.5) is 0 Å². The summed E-state index contributed by atoms with van der Waals surface area (Å²) in [7, 11) is 0. The van der Waals surface area contributed by atoms with Gasteiger partial charge in [0.15, 0.2) is 0 Å². The molecule has 2 amide bonds. The molecule has 136 valence electrons. The van der Waals surface area contributed by atoms with Crippen molar-refractivity contribution < 1.29 is 9.59 Å². The second-order valence-electron chi connectivity index (χ2n) is 6.79. The van der Waals surface area contributed by atoms with Crippen molar-refractivity contribution >= 4 is 23.6 Å². The van der Waals surface area contributed by atoms with Gasteiger partial charge in [-0.3, -0.25) is 9.59 Å². The lowest BCUT2D eigenvalue weighted by atomic mass is 10.1. The number of nitrogens with two attached hydrogens (primary N) is 1. The van der Waals surface area contributed by atoms with Crippen molar-refractivity contribution in [2.45, 2.75) is 36.5 Å². The molecule has 2 atom stereocenters. The minimum absolute atomic E-state index is 0.00706. The molecule has 2 aliphatic rings. The van der Waals surface area contributed by atoms with E-state index in [1.807, 2.05) is 16.7 Å². The first-order valence-corrected chi connectivity index (χ1v) is 9.88. The van der Waals surface area contributed by atoms with Crippen molar-refractivity contribution in [3.05, 3.63) is 23.9 Å². The van der Waals surface area contributed by atoms with Gasteiger partial charge in [-0.1, -0.05) is 11.8 Å². The topological polar surface area (TPSA) is 79.5 Å². The fourth-order valence-corrected chi connectivity index (χ4v) is 4.43. The molecule has 3 heterocycles. The maximum absolute atomic E-state index is 12.9. The highest BCUT2D eigenvalue weighted by atomic mass is 32.2. The van der Waals surface area contributed by atoms with Crippen LogP contribution in [-0.4, -0.2) is 64.6 Å². The van der Waals surface area contributed by atoms with Gasteiger partial charge in [0.1, 0.15) is 5.03 Å². The molecule has 6 nitrogen and oxygen atoms in total. The molecular formula is C18H26N4O2S. The van der Waals surface area contributed by atoms with E-state index in [1.54, 1.807) is 18.3 Å². The molecule has 2 saturated heterocycles. The number of rotatable bonds is 5. The van der Waals surface area contributed by atoms with Crippen LogP contribution < -0.4 is 5.73 Å². The molecule has 25 heavy (non-hydrogen) atoms. The van der Waals surface area contributed by atoms with Crippen LogP contribution in [-0.2, 0) is 4.79 Å². The molecule has 7 heteroatoms. The molecule has 0 spiro atoms. The number of aromatic nitrogens is 1. The van der Waals surface area contributed by atoms with Crippen LogP contribution in [0.25, 0.3) is 0 Å². The van der Waals surface area contributed by atoms with Gasteiger partial charge in [0.2, 0.25) is 5.91 Å². The van der Waals surface area contributed by atoms with Crippen LogP contribution in [0.2, 0.25) is 0 Å². The Balaban J connectivity index is 1.70. The summed E-state index contributed by atoms with van der Waals surface area (Å²) in [5.41, 5.74) is 6.32. The lowest BCUT2D eigenvalue weighted by molar-refractivity contribution is -0.129. The van der Waals surface area contributed by atoms with Crippen LogP contribution >= 0.6 is 11.8 Å². The number of carbonyl (C=O) groups excluding carboxylic acids is 2. The highest BCUT2D eigenvalue weighted by Crippen LogP contribution is 2.28. The van der Waals surface area contributed by atoms with Crippen molar-refractivity contribution in [1.29, 1.82) is 0 Å². The number of likely N-dealkylation sites (tertiary alicyclic amines) is 2. The number of amides is 2. The number of hydrogen-bond donors (Lipinski definition) is 1. The zero-order valence-corrected chi connectivity index (χ0v) is 15.5. The van der Waals surface area contributed by atoms with Crippen molar-refractivity contribution in [1.82, 2.24) is 14.8 Å². The van der Waals surface area contributed by atoms with Gasteiger partial charge in [-0.25, -0.2) is 4.98 Å². The quantitative estimate of drug-likeness (QED) is 0.805. The van der Waals surface area contributed by atoms with E-state index in [2.05, 4.69) is 4.98 Å². The normalized spacial score (nSPS) is 21.6. The molecule has 1 aromatic heterocycles. The molecule has 3 rings (SSSR count). The van der Waals surface area contributed by atoms with Crippen LogP contribution in [0, 0.1) is 5.92 Å². The van der Waals surface area contributed by atoms with Gasteiger partial charge in [0.05, 0.1) is 10.8 Å². The van der Waals surface area contributed by atoms with Gasteiger partial charge in [0.25, 0.3) is 5.91 Å². The van der Waals surface area contributed by atoms with Crippen LogP contribution in [0.3, 0.4) is 0 Å². The monoisotopic (exact) mass is 362 g/mol. The first kappa shape index (κ1) is 18.2. The first-order chi connectivity index (χ1) is 12.1. The molecule has 1 aromatic rings. The summed E-state index contributed by atoms with van der Waals surface area (Å²) in [6, 6.07) is 3.58. The fourth-order valence-electron chi connectivity index (χ4n) is 3.44. The number of hydrogen-bond acceptors (Lipinski definition) is 5. The highest BCUT2D eigenvalue weighted by Gasteiger charge is 2.29. The fraction of sp³-hybridized carbons (Fsp3) is 0.611. The molecule has 2 fully saturated rings. The van der Waals surface area contributed by atoms with Crippen molar-refractivity contribution in [2.75, 3.05) is 32.7 Å². The van der Waals surface area contributed by atoms with Gasteiger partial charge in [-0.15, -0.1) is 0 Å². The summed E-state index contributed by atoms with van der Waals surface area (Å²) >= 11 is 1.38. The molecule has 0 bridgehead atoms. The maximum atomic E-state index is 12.9. The van der Waals surface area contributed by atoms with E-state index < -0.39 is 0 Å². The predicted molar refractivity (Wildman–Crippen MR) is 98.4 cm³/mol. The van der Waals surface area contributed by atoms with E-state index in [4.69, 9.17) is 5.73 Å². The Morgan fingerprint density at radius 3 is 2.76 bits per heavy atom. The SMILES string of the molecule is CC(Sc1ncccc1C(=O)N1CCC(CN)C1)C(=O)N1CCCC1. The van der Waals surface area contributed by atoms with Crippen LogP contribution in [0.15, 0.2) is 23.4 Å². The molecule has 0 saturated carbocycles. The van der Waals surface area contributed by atoms with Crippen LogP contribution in [0.5, 0.6) is 0 Å². The average Bonchev–Trinajstić information content (AvgIpc) is 3.32. The molecule has 0 aromatic carbocycles. The smallest absolute Gasteiger partial charge is 0.256 e. The Bertz CT molecular complexity index is 633. The van der Waals surface area contributed by atoms with Gasteiger partial charge >= 0.3 is 0 Å². The van der Waals surface area contributed by atoms with Gasteiger partial charge < -0.3 is 15.5 Å². The second kappa shape index (κ2) is 8.19. The Kier molecular flexibility index (Phi) is 5.96. The first-order valence-electron chi connectivity index (χ1n) is 9.00. The number of pyridine rings is 1. The van der Waals surface area contributed by atoms with E-state index in [0.29, 0.717) is 29.6 Å². The molecule has 2 N–H and O–H groups in total. The molecule has 0 aliphatic carbocycles. The summed E-state index contributed by atoms with van der Waals surface area (Å²) in [6.07, 6.45) is 4.79. The Labute approximate surface area is 153 Å². The van der Waals surface area contributed by atoms with Crippen molar-refractivity contribution in [2.24, 2.45) is 11.7 Å². The summed E-state index contributed by atoms with van der Waals surface area (Å²) in [5.74, 6) is 0.510. The Morgan fingerprint density at radius 2 is 2.08 bits per heavy atom. The van der Waals surface area contributed by atoms with Crippen molar-refractivity contribution in [3.63, 3.8) is 0 Å². The lowest BCUT2D eigenvalue weighted by Crippen LogP contribution is -2.34. The lowest BCUT2D eigenvalue weighted by Gasteiger charge is -2.21. The van der Waals surface area contributed by atoms with E-state index in [9.17, 15) is 9.59 Å². The third-order valence-electron chi connectivity index (χ3n) is 4.96. The molecular weight excluding hydrogens is 336 g/mol. The molecule has 2 aliphatic heterocycles. The minimum Gasteiger partial charge on any atom is -0.342 e. The summed E-state index contributed by atoms with van der Waals surface area (Å²) < 4.78 is 0. The third-order valence-corrected chi connectivity index (χ3v) is 6.07. The second-order valence-corrected chi connectivity index (χ2v) is 8.12. The maximum Gasteiger partial charge on any atom is 0.256 e. The van der Waals surface area contributed by atoms with Crippen LogP contribution in [0.1, 0.15) is 36.5 Å². The third kappa shape index (κ3) is 4.15. The number of nitrogens with zero attached hydrogens (tertiary/aromatic N) is 3. The predicted octanol–water partition coefficient (Wildman–Crippen LogP) is 1.61. The number of carbonyl (C=O) groups is 2. The van der Waals surface area contributed by atoms with E-state index in [-0.39, 0.29) is 17.1 Å². The largest absolute Gasteiger partial charge is 0.342 e. The zero-order valence-electron chi connectivity index (χ0n) is 14.7. The summed E-state index contributed by atoms with van der Waals surface area (Å²) in [5, 5.41) is 0.402. The van der Waals surface area contributed by atoms with E-state index in [0.717, 1.165) is 38.9 Å². The highest BCUT2D eigenvalue weighted by molar-refractivity contribution is 8.00. The van der Waals surface area contributed by atoms with Gasteiger partial charge in [-0.2, -0.15) is 0 Å². The minimum atomic E-state index is -0.241. The average molecular weight is 362 g/mol. The summed E-state index contributed by atoms with van der Waals surface area (Å²) in [4.78, 5) is 33.6. The van der Waals surface area contributed by atoms with E-state index >= 15 is 0 Å². The standard InChI is InChI=1S/C18H26N4O2S/c1-13(17(23)21-8-2-3-9-21)25-16-15(5-4-7-20-16)18(24)22-10-6-14(11-19)12-22/h4-5,7,13-14H,2-3,6,8-12,19H2,1H3. The summed E-state index contributed by atoms with van der Waals surface area (Å²) in [6.45, 7) is 5.63. The molecule has 2 unspecified atom stereocenters. The van der Waals surface area contributed by atoms with E-state index in [1.165, 1.54) is 11.8 Å². The van der Waals surface area contributed by atoms with Gasteiger partial charge in [-0.05, 0) is 50.8 Å². The number of thioether (sulfide) groups is 1. The van der Waals surface area contributed by atoms with Gasteiger partial charge in [0, 0.05) is 32.4 Å². The Morgan fingerprint density at radius 1 is 1.32 bits per heavy atom.